The van der Waals surface area contributed by atoms with Gasteiger partial charge in [-0.3, -0.25) is 0 Å². The van der Waals surface area contributed by atoms with Crippen LogP contribution in [0.15, 0.2) is 0 Å². The molecule has 0 aromatic heterocycles. The quantitative estimate of drug-likeness (QED) is 0.747. The molecule has 90 valence electrons. The topological polar surface area (TPSA) is 20.2 Å². The molecule has 0 aromatic rings. The lowest BCUT2D eigenvalue weighted by atomic mass is 9.65. The summed E-state index contributed by atoms with van der Waals surface area (Å²) in [5.41, 5.74) is 0.329. The van der Waals surface area contributed by atoms with Crippen molar-refractivity contribution < 1.29 is 5.11 Å². The fraction of sp³-hybridized carbons (Fsp3) is 1.00. The Morgan fingerprint density at radius 1 is 1.27 bits per heavy atom. The lowest BCUT2D eigenvalue weighted by Gasteiger charge is -2.42. The lowest BCUT2D eigenvalue weighted by Crippen LogP contribution is -2.38. The van der Waals surface area contributed by atoms with Gasteiger partial charge < -0.3 is 5.11 Å². The van der Waals surface area contributed by atoms with Gasteiger partial charge in [0, 0.05) is 0 Å². The van der Waals surface area contributed by atoms with Crippen molar-refractivity contribution >= 4 is 0 Å². The molecule has 1 heteroatoms. The molecule has 1 aliphatic rings. The fourth-order valence-electron chi connectivity index (χ4n) is 3.08. The molecule has 3 atom stereocenters. The van der Waals surface area contributed by atoms with E-state index in [2.05, 4.69) is 27.7 Å². The summed E-state index contributed by atoms with van der Waals surface area (Å²) in [6.07, 6.45) is 7.31. The zero-order valence-electron chi connectivity index (χ0n) is 10.9. The summed E-state index contributed by atoms with van der Waals surface area (Å²) in [4.78, 5) is 0. The average molecular weight is 212 g/mol. The van der Waals surface area contributed by atoms with E-state index in [1.165, 1.54) is 32.1 Å². The van der Waals surface area contributed by atoms with Crippen molar-refractivity contribution in [3.8, 4) is 0 Å². The van der Waals surface area contributed by atoms with Crippen LogP contribution in [0.5, 0.6) is 0 Å². The van der Waals surface area contributed by atoms with Crippen LogP contribution in [0.4, 0.5) is 0 Å². The summed E-state index contributed by atoms with van der Waals surface area (Å²) in [5, 5.41) is 10.2. The number of unbranched alkanes of at least 4 members (excludes halogenated alkanes) is 1. The molecular weight excluding hydrogens is 184 g/mol. The van der Waals surface area contributed by atoms with Crippen LogP contribution in [-0.4, -0.2) is 11.2 Å². The molecule has 0 spiro atoms. The molecule has 1 nitrogen and oxygen atoms in total. The van der Waals surface area contributed by atoms with Crippen molar-refractivity contribution in [2.45, 2.75) is 72.3 Å². The van der Waals surface area contributed by atoms with E-state index in [-0.39, 0.29) is 6.10 Å². The predicted octanol–water partition coefficient (Wildman–Crippen LogP) is 4.00. The van der Waals surface area contributed by atoms with Gasteiger partial charge in [0.25, 0.3) is 0 Å². The Bertz CT molecular complexity index is 186. The summed E-state index contributed by atoms with van der Waals surface area (Å²) < 4.78 is 0. The van der Waals surface area contributed by atoms with Gasteiger partial charge in [-0.25, -0.2) is 0 Å². The largest absolute Gasteiger partial charge is 0.393 e. The Morgan fingerprint density at radius 3 is 2.47 bits per heavy atom. The minimum absolute atomic E-state index is 0.0550. The van der Waals surface area contributed by atoms with Crippen molar-refractivity contribution in [2.24, 2.45) is 17.3 Å². The summed E-state index contributed by atoms with van der Waals surface area (Å²) in [6.45, 7) is 9.19. The zero-order chi connectivity index (χ0) is 11.5. The molecule has 15 heavy (non-hydrogen) atoms. The minimum atomic E-state index is -0.0550. The summed E-state index contributed by atoms with van der Waals surface area (Å²) >= 11 is 0. The molecule has 1 rings (SSSR count). The second-order valence-corrected chi connectivity index (χ2v) is 6.18. The normalized spacial score (nSPS) is 33.0. The van der Waals surface area contributed by atoms with E-state index in [0.717, 1.165) is 12.3 Å². The first kappa shape index (κ1) is 13.0. The predicted molar refractivity (Wildman–Crippen MR) is 65.8 cm³/mol. The van der Waals surface area contributed by atoms with Crippen molar-refractivity contribution in [3.63, 3.8) is 0 Å². The van der Waals surface area contributed by atoms with Crippen LogP contribution in [-0.2, 0) is 0 Å². The average Bonchev–Trinajstić information content (AvgIpc) is 2.14. The van der Waals surface area contributed by atoms with E-state index in [4.69, 9.17) is 0 Å². The Labute approximate surface area is 95.3 Å². The number of hydrogen-bond acceptors (Lipinski definition) is 1. The first-order valence-corrected chi connectivity index (χ1v) is 6.65. The highest BCUT2D eigenvalue weighted by Crippen LogP contribution is 2.43. The maximum absolute atomic E-state index is 10.2. The van der Waals surface area contributed by atoms with E-state index in [9.17, 15) is 5.11 Å². The smallest absolute Gasteiger partial charge is 0.0576 e. The molecule has 1 saturated carbocycles. The summed E-state index contributed by atoms with van der Waals surface area (Å²) in [7, 11) is 0. The van der Waals surface area contributed by atoms with Crippen LogP contribution >= 0.6 is 0 Å². The molecule has 0 radical (unpaired) electrons. The number of rotatable bonds is 4. The molecule has 3 unspecified atom stereocenters. The minimum Gasteiger partial charge on any atom is -0.393 e. The number of hydrogen-bond donors (Lipinski definition) is 1. The summed E-state index contributed by atoms with van der Waals surface area (Å²) in [6, 6.07) is 0. The van der Waals surface area contributed by atoms with Crippen molar-refractivity contribution in [1.29, 1.82) is 0 Å². The monoisotopic (exact) mass is 212 g/mol. The standard InChI is InChI=1S/C14H28O/c1-5-6-9-14(3,4)12-8-7-11(2)10-13(12)15/h11-13,15H,5-10H2,1-4H3. The van der Waals surface area contributed by atoms with Gasteiger partial charge in [0.05, 0.1) is 6.10 Å². The van der Waals surface area contributed by atoms with E-state index in [1.54, 1.807) is 0 Å². The van der Waals surface area contributed by atoms with Gasteiger partial charge in [0.15, 0.2) is 0 Å². The van der Waals surface area contributed by atoms with Gasteiger partial charge in [-0.15, -0.1) is 0 Å². The molecule has 0 saturated heterocycles. The van der Waals surface area contributed by atoms with Gasteiger partial charge >= 0.3 is 0 Å². The van der Waals surface area contributed by atoms with Crippen LogP contribution in [0.2, 0.25) is 0 Å². The van der Waals surface area contributed by atoms with Gasteiger partial charge in [0.2, 0.25) is 0 Å². The Balaban J connectivity index is 2.53. The molecule has 0 aromatic carbocycles. The fourth-order valence-corrected chi connectivity index (χ4v) is 3.08. The Hall–Kier alpha value is -0.0400. The SMILES string of the molecule is CCCCC(C)(C)C1CCC(C)CC1O. The Morgan fingerprint density at radius 2 is 1.93 bits per heavy atom. The third kappa shape index (κ3) is 3.48. The molecule has 1 fully saturated rings. The van der Waals surface area contributed by atoms with Crippen molar-refractivity contribution in [3.05, 3.63) is 0 Å². The summed E-state index contributed by atoms with van der Waals surface area (Å²) in [5.74, 6) is 1.25. The van der Waals surface area contributed by atoms with Gasteiger partial charge in [-0.1, -0.05) is 47.0 Å². The highest BCUT2D eigenvalue weighted by atomic mass is 16.3. The second-order valence-electron chi connectivity index (χ2n) is 6.18. The molecule has 1 N–H and O–H groups in total. The molecule has 0 bridgehead atoms. The zero-order valence-corrected chi connectivity index (χ0v) is 10.9. The first-order valence-electron chi connectivity index (χ1n) is 6.65. The van der Waals surface area contributed by atoms with Crippen LogP contribution < -0.4 is 0 Å². The highest BCUT2D eigenvalue weighted by Gasteiger charge is 2.37. The molecular formula is C14H28O. The first-order chi connectivity index (χ1) is 6.97. The van der Waals surface area contributed by atoms with Crippen molar-refractivity contribution in [2.75, 3.05) is 0 Å². The van der Waals surface area contributed by atoms with Crippen LogP contribution in [0.3, 0.4) is 0 Å². The van der Waals surface area contributed by atoms with Crippen LogP contribution in [0, 0.1) is 17.3 Å². The third-order valence-electron chi connectivity index (χ3n) is 4.26. The lowest BCUT2D eigenvalue weighted by molar-refractivity contribution is -0.0167. The van der Waals surface area contributed by atoms with E-state index in [1.807, 2.05) is 0 Å². The molecule has 0 heterocycles. The molecule has 0 amide bonds. The number of aliphatic hydroxyl groups is 1. The van der Waals surface area contributed by atoms with Gasteiger partial charge in [-0.2, -0.15) is 0 Å². The van der Waals surface area contributed by atoms with Crippen molar-refractivity contribution in [1.82, 2.24) is 0 Å². The maximum Gasteiger partial charge on any atom is 0.0576 e. The highest BCUT2D eigenvalue weighted by molar-refractivity contribution is 4.87. The van der Waals surface area contributed by atoms with E-state index in [0.29, 0.717) is 11.3 Å². The molecule has 1 aliphatic carbocycles. The van der Waals surface area contributed by atoms with Gasteiger partial charge in [0.1, 0.15) is 0 Å². The third-order valence-corrected chi connectivity index (χ3v) is 4.26. The second kappa shape index (κ2) is 5.34. The number of aliphatic hydroxyl groups excluding tert-OH is 1. The molecule has 0 aliphatic heterocycles. The van der Waals surface area contributed by atoms with E-state index >= 15 is 0 Å². The van der Waals surface area contributed by atoms with Crippen LogP contribution in [0.25, 0.3) is 0 Å². The Kier molecular flexibility index (Phi) is 4.64. The maximum atomic E-state index is 10.2. The van der Waals surface area contributed by atoms with Gasteiger partial charge in [-0.05, 0) is 36.5 Å². The van der Waals surface area contributed by atoms with Crippen LogP contribution in [0.1, 0.15) is 66.2 Å². The van der Waals surface area contributed by atoms with E-state index < -0.39 is 0 Å².